The summed E-state index contributed by atoms with van der Waals surface area (Å²) in [5.74, 6) is 0.384. The minimum atomic E-state index is -0.131. The van der Waals surface area contributed by atoms with Crippen LogP contribution in [0.2, 0.25) is 0 Å². The third-order valence-corrected chi connectivity index (χ3v) is 2.39. The van der Waals surface area contributed by atoms with Gasteiger partial charge >= 0.3 is 0 Å². The molecule has 0 spiro atoms. The second-order valence-corrected chi connectivity index (χ2v) is 5.61. The first-order chi connectivity index (χ1) is 7.79. The molecule has 1 aromatic carbocycles. The minimum absolute atomic E-state index is 0.102. The number of carbonyl (C=O) groups excluding carboxylic acids is 1. The molecular weight excluding hydrogens is 212 g/mol. The third kappa shape index (κ3) is 4.57. The van der Waals surface area contributed by atoms with Crippen molar-refractivity contribution < 1.29 is 4.79 Å². The summed E-state index contributed by atoms with van der Waals surface area (Å²) in [5.41, 5.74) is 7.44. The predicted octanol–water partition coefficient (Wildman–Crippen LogP) is 2.84. The first-order valence-corrected chi connectivity index (χ1v) is 5.97. The SMILES string of the molecule is CC(C)c1ccc(C(=O)NNC(C)(C)C)cc1. The van der Waals surface area contributed by atoms with Gasteiger partial charge < -0.3 is 0 Å². The van der Waals surface area contributed by atoms with E-state index in [0.29, 0.717) is 11.5 Å². The van der Waals surface area contributed by atoms with Gasteiger partial charge in [0.1, 0.15) is 0 Å². The lowest BCUT2D eigenvalue weighted by Gasteiger charge is -2.21. The molecule has 0 radical (unpaired) electrons. The molecule has 3 heteroatoms. The maximum absolute atomic E-state index is 11.8. The molecule has 0 bridgehead atoms. The highest BCUT2D eigenvalue weighted by atomic mass is 16.2. The number of benzene rings is 1. The van der Waals surface area contributed by atoms with Gasteiger partial charge in [-0.05, 0) is 44.4 Å². The summed E-state index contributed by atoms with van der Waals surface area (Å²) in [7, 11) is 0. The molecule has 94 valence electrons. The van der Waals surface area contributed by atoms with E-state index < -0.39 is 0 Å². The summed E-state index contributed by atoms with van der Waals surface area (Å²) in [5, 5.41) is 0. The molecule has 17 heavy (non-hydrogen) atoms. The summed E-state index contributed by atoms with van der Waals surface area (Å²) in [6.45, 7) is 10.3. The highest BCUT2D eigenvalue weighted by molar-refractivity contribution is 5.93. The second-order valence-electron chi connectivity index (χ2n) is 5.61. The third-order valence-electron chi connectivity index (χ3n) is 2.39. The van der Waals surface area contributed by atoms with Crippen LogP contribution in [-0.4, -0.2) is 11.4 Å². The van der Waals surface area contributed by atoms with Gasteiger partial charge in [-0.25, -0.2) is 5.43 Å². The lowest BCUT2D eigenvalue weighted by Crippen LogP contribution is -2.48. The van der Waals surface area contributed by atoms with E-state index in [1.54, 1.807) is 0 Å². The van der Waals surface area contributed by atoms with E-state index in [0.717, 1.165) is 0 Å². The van der Waals surface area contributed by atoms with Crippen molar-refractivity contribution in [3.63, 3.8) is 0 Å². The van der Waals surface area contributed by atoms with Crippen molar-refractivity contribution in [3.05, 3.63) is 35.4 Å². The van der Waals surface area contributed by atoms with E-state index in [9.17, 15) is 4.79 Å². The zero-order valence-corrected chi connectivity index (χ0v) is 11.3. The highest BCUT2D eigenvalue weighted by Gasteiger charge is 2.11. The van der Waals surface area contributed by atoms with Crippen LogP contribution >= 0.6 is 0 Å². The summed E-state index contributed by atoms with van der Waals surface area (Å²) >= 11 is 0. The Morgan fingerprint density at radius 1 is 1.12 bits per heavy atom. The topological polar surface area (TPSA) is 41.1 Å². The van der Waals surface area contributed by atoms with Crippen LogP contribution in [0.25, 0.3) is 0 Å². The standard InChI is InChI=1S/C14H22N2O/c1-10(2)11-6-8-12(9-7-11)13(17)15-16-14(3,4)5/h6-10,16H,1-5H3,(H,15,17). The van der Waals surface area contributed by atoms with Gasteiger partial charge in [0.25, 0.3) is 5.91 Å². The van der Waals surface area contributed by atoms with E-state index in [2.05, 4.69) is 24.7 Å². The molecular formula is C14H22N2O. The molecule has 0 atom stereocenters. The number of nitrogens with one attached hydrogen (secondary N) is 2. The Morgan fingerprint density at radius 2 is 1.65 bits per heavy atom. The van der Waals surface area contributed by atoms with Crippen LogP contribution in [0.3, 0.4) is 0 Å². The number of rotatable bonds is 3. The molecule has 2 N–H and O–H groups in total. The predicted molar refractivity (Wildman–Crippen MR) is 70.9 cm³/mol. The Kier molecular flexibility index (Phi) is 4.29. The molecule has 0 saturated heterocycles. The van der Waals surface area contributed by atoms with E-state index in [1.165, 1.54) is 5.56 Å². The monoisotopic (exact) mass is 234 g/mol. The normalized spacial score (nSPS) is 11.6. The Labute approximate surface area is 104 Å². The van der Waals surface area contributed by atoms with Gasteiger partial charge in [-0.15, -0.1) is 0 Å². The van der Waals surface area contributed by atoms with Crippen molar-refractivity contribution in [2.45, 2.75) is 46.1 Å². The van der Waals surface area contributed by atoms with Gasteiger partial charge in [0.15, 0.2) is 0 Å². The van der Waals surface area contributed by atoms with Gasteiger partial charge in [-0.3, -0.25) is 10.2 Å². The lowest BCUT2D eigenvalue weighted by molar-refractivity contribution is 0.0914. The molecule has 0 heterocycles. The van der Waals surface area contributed by atoms with Crippen LogP contribution in [0.1, 0.15) is 56.5 Å². The van der Waals surface area contributed by atoms with E-state index in [1.807, 2.05) is 45.0 Å². The summed E-state index contributed by atoms with van der Waals surface area (Å²) < 4.78 is 0. The first kappa shape index (κ1) is 13.7. The Morgan fingerprint density at radius 3 is 2.06 bits per heavy atom. The highest BCUT2D eigenvalue weighted by Crippen LogP contribution is 2.14. The first-order valence-electron chi connectivity index (χ1n) is 5.97. The molecule has 1 aromatic rings. The summed E-state index contributed by atoms with van der Waals surface area (Å²) in [6, 6.07) is 7.71. The number of amides is 1. The molecule has 1 rings (SSSR count). The zero-order chi connectivity index (χ0) is 13.1. The Bertz CT molecular complexity index is 374. The fraction of sp³-hybridized carbons (Fsp3) is 0.500. The average Bonchev–Trinajstić information content (AvgIpc) is 2.25. The number of hydrogen-bond donors (Lipinski definition) is 2. The van der Waals surface area contributed by atoms with Crippen molar-refractivity contribution >= 4 is 5.91 Å². The molecule has 0 saturated carbocycles. The summed E-state index contributed by atoms with van der Waals surface area (Å²) in [4.78, 5) is 11.8. The lowest BCUT2D eigenvalue weighted by atomic mass is 10.0. The molecule has 0 fully saturated rings. The van der Waals surface area contributed by atoms with Crippen LogP contribution in [0, 0.1) is 0 Å². The molecule has 0 unspecified atom stereocenters. The van der Waals surface area contributed by atoms with Crippen LogP contribution in [0.4, 0.5) is 0 Å². The average molecular weight is 234 g/mol. The smallest absolute Gasteiger partial charge is 0.265 e. The van der Waals surface area contributed by atoms with Crippen molar-refractivity contribution in [3.8, 4) is 0 Å². The van der Waals surface area contributed by atoms with Crippen LogP contribution < -0.4 is 10.9 Å². The number of carbonyl (C=O) groups is 1. The molecule has 1 amide bonds. The van der Waals surface area contributed by atoms with Crippen molar-refractivity contribution in [2.75, 3.05) is 0 Å². The van der Waals surface area contributed by atoms with E-state index in [4.69, 9.17) is 0 Å². The maximum Gasteiger partial charge on any atom is 0.265 e. The molecule has 0 aliphatic carbocycles. The zero-order valence-electron chi connectivity index (χ0n) is 11.3. The van der Waals surface area contributed by atoms with Gasteiger partial charge in [-0.1, -0.05) is 26.0 Å². The molecule has 3 nitrogen and oxygen atoms in total. The van der Waals surface area contributed by atoms with Crippen LogP contribution in [0.15, 0.2) is 24.3 Å². The second kappa shape index (κ2) is 5.32. The van der Waals surface area contributed by atoms with E-state index >= 15 is 0 Å². The Balaban J connectivity index is 2.64. The van der Waals surface area contributed by atoms with Gasteiger partial charge in [0, 0.05) is 11.1 Å². The minimum Gasteiger partial charge on any atom is -0.287 e. The van der Waals surface area contributed by atoms with E-state index in [-0.39, 0.29) is 11.4 Å². The number of hydrogen-bond acceptors (Lipinski definition) is 2. The Hall–Kier alpha value is -1.35. The van der Waals surface area contributed by atoms with Crippen molar-refractivity contribution in [2.24, 2.45) is 0 Å². The number of hydrazine groups is 1. The van der Waals surface area contributed by atoms with Crippen molar-refractivity contribution in [1.82, 2.24) is 10.9 Å². The van der Waals surface area contributed by atoms with Gasteiger partial charge in [0.05, 0.1) is 0 Å². The van der Waals surface area contributed by atoms with Crippen molar-refractivity contribution in [1.29, 1.82) is 0 Å². The van der Waals surface area contributed by atoms with Crippen LogP contribution in [-0.2, 0) is 0 Å². The van der Waals surface area contributed by atoms with Gasteiger partial charge in [-0.2, -0.15) is 0 Å². The molecule has 0 aliphatic heterocycles. The maximum atomic E-state index is 11.8. The molecule has 0 aromatic heterocycles. The molecule has 0 aliphatic rings. The fourth-order valence-corrected chi connectivity index (χ4v) is 1.34. The van der Waals surface area contributed by atoms with Gasteiger partial charge in [0.2, 0.25) is 0 Å². The summed E-state index contributed by atoms with van der Waals surface area (Å²) in [6.07, 6.45) is 0. The fourth-order valence-electron chi connectivity index (χ4n) is 1.34. The van der Waals surface area contributed by atoms with Crippen LogP contribution in [0.5, 0.6) is 0 Å². The largest absolute Gasteiger partial charge is 0.287 e. The quantitative estimate of drug-likeness (QED) is 0.790.